The molecule has 2 aromatic rings. The van der Waals surface area contributed by atoms with Crippen molar-refractivity contribution in [1.29, 1.82) is 0 Å². The van der Waals surface area contributed by atoms with Crippen LogP contribution < -0.4 is 0 Å². The number of rotatable bonds is 4. The van der Waals surface area contributed by atoms with Crippen molar-refractivity contribution >= 4 is 17.0 Å². The molecule has 0 aliphatic carbocycles. The topological polar surface area (TPSA) is 49.6 Å². The first-order chi connectivity index (χ1) is 11.8. The number of oxazole rings is 1. The molecule has 0 N–H and O–H groups in total. The molecule has 0 bridgehead atoms. The standard InChI is InChI=1S/C19H25N3O2/c1-2-19(23)22-12-6-9-16(22)15-8-5-11-21(15)13-18-20-14-7-3-4-10-17(14)24-18/h3-4,7,10,15-16H,2,5-6,8-9,11-13H2,1H3/t15-,16+/m0/s1. The third-order valence-corrected chi connectivity index (χ3v) is 5.46. The molecule has 24 heavy (non-hydrogen) atoms. The van der Waals surface area contributed by atoms with Crippen LogP contribution in [0.3, 0.4) is 0 Å². The molecule has 0 spiro atoms. The van der Waals surface area contributed by atoms with Gasteiger partial charge in [-0.25, -0.2) is 4.98 Å². The number of nitrogens with zero attached hydrogens (tertiary/aromatic N) is 3. The van der Waals surface area contributed by atoms with Gasteiger partial charge >= 0.3 is 0 Å². The first-order valence-corrected chi connectivity index (χ1v) is 9.14. The van der Waals surface area contributed by atoms with Crippen molar-refractivity contribution in [3.63, 3.8) is 0 Å². The summed E-state index contributed by atoms with van der Waals surface area (Å²) in [7, 11) is 0. The number of fused-ring (bicyclic) bond motifs is 1. The van der Waals surface area contributed by atoms with Gasteiger partial charge in [-0.05, 0) is 44.4 Å². The number of hydrogen-bond acceptors (Lipinski definition) is 4. The zero-order valence-corrected chi connectivity index (χ0v) is 14.3. The Kier molecular flexibility index (Phi) is 4.27. The molecule has 5 nitrogen and oxygen atoms in total. The molecule has 1 aromatic carbocycles. The van der Waals surface area contributed by atoms with Crippen LogP contribution in [0.5, 0.6) is 0 Å². The van der Waals surface area contributed by atoms with Crippen LogP contribution in [0.1, 0.15) is 44.9 Å². The largest absolute Gasteiger partial charge is 0.439 e. The quantitative estimate of drug-likeness (QED) is 0.865. The molecular weight excluding hydrogens is 302 g/mol. The number of benzene rings is 1. The van der Waals surface area contributed by atoms with E-state index in [2.05, 4.69) is 14.8 Å². The van der Waals surface area contributed by atoms with Gasteiger partial charge in [-0.3, -0.25) is 9.69 Å². The van der Waals surface area contributed by atoms with Crippen molar-refractivity contribution in [2.45, 2.75) is 57.7 Å². The SMILES string of the molecule is CCC(=O)N1CCC[C@@H]1[C@@H]1CCCN1Cc1nc2ccccc2o1. The third-order valence-electron chi connectivity index (χ3n) is 5.46. The van der Waals surface area contributed by atoms with Crippen LogP contribution in [0.2, 0.25) is 0 Å². The summed E-state index contributed by atoms with van der Waals surface area (Å²) in [6.07, 6.45) is 5.21. The Morgan fingerprint density at radius 3 is 2.83 bits per heavy atom. The van der Waals surface area contributed by atoms with E-state index in [4.69, 9.17) is 4.42 Å². The number of carbonyl (C=O) groups is 1. The van der Waals surface area contributed by atoms with Gasteiger partial charge in [0.1, 0.15) is 5.52 Å². The predicted molar refractivity (Wildman–Crippen MR) is 92.5 cm³/mol. The van der Waals surface area contributed by atoms with Crippen LogP contribution in [-0.4, -0.2) is 45.9 Å². The van der Waals surface area contributed by atoms with Gasteiger partial charge in [0, 0.05) is 25.0 Å². The Hall–Kier alpha value is -1.88. The maximum atomic E-state index is 12.2. The fourth-order valence-corrected chi connectivity index (χ4v) is 4.35. The van der Waals surface area contributed by atoms with Crippen molar-refractivity contribution in [1.82, 2.24) is 14.8 Å². The van der Waals surface area contributed by atoms with Gasteiger partial charge in [0.25, 0.3) is 0 Å². The number of para-hydroxylation sites is 2. The maximum absolute atomic E-state index is 12.2. The smallest absolute Gasteiger partial charge is 0.222 e. The molecule has 128 valence electrons. The van der Waals surface area contributed by atoms with Crippen LogP contribution in [-0.2, 0) is 11.3 Å². The van der Waals surface area contributed by atoms with Gasteiger partial charge < -0.3 is 9.32 Å². The van der Waals surface area contributed by atoms with Crippen molar-refractivity contribution in [3.8, 4) is 0 Å². The molecular formula is C19H25N3O2. The second-order valence-corrected chi connectivity index (χ2v) is 6.91. The van der Waals surface area contributed by atoms with Gasteiger partial charge in [0.15, 0.2) is 5.58 Å². The Balaban J connectivity index is 1.51. The number of likely N-dealkylation sites (tertiary alicyclic amines) is 2. The van der Waals surface area contributed by atoms with E-state index < -0.39 is 0 Å². The van der Waals surface area contributed by atoms with Crippen LogP contribution >= 0.6 is 0 Å². The lowest BCUT2D eigenvalue weighted by Crippen LogP contribution is -2.47. The van der Waals surface area contributed by atoms with E-state index in [1.54, 1.807) is 0 Å². The second kappa shape index (κ2) is 6.55. The fourth-order valence-electron chi connectivity index (χ4n) is 4.35. The molecule has 5 heteroatoms. The van der Waals surface area contributed by atoms with Gasteiger partial charge in [-0.1, -0.05) is 19.1 Å². The summed E-state index contributed by atoms with van der Waals surface area (Å²) in [5.74, 6) is 1.08. The average molecular weight is 327 g/mol. The number of aromatic nitrogens is 1. The molecule has 1 amide bonds. The monoisotopic (exact) mass is 327 g/mol. The van der Waals surface area contributed by atoms with E-state index in [1.807, 2.05) is 31.2 Å². The lowest BCUT2D eigenvalue weighted by atomic mass is 10.0. The zero-order valence-electron chi connectivity index (χ0n) is 14.3. The molecule has 4 rings (SSSR count). The lowest BCUT2D eigenvalue weighted by molar-refractivity contribution is -0.132. The number of hydrogen-bond donors (Lipinski definition) is 0. The molecule has 2 saturated heterocycles. The predicted octanol–water partition coefficient (Wildman–Crippen LogP) is 3.19. The normalized spacial score (nSPS) is 25.0. The zero-order chi connectivity index (χ0) is 16.5. The summed E-state index contributed by atoms with van der Waals surface area (Å²) in [4.78, 5) is 21.4. The Morgan fingerprint density at radius 2 is 2.00 bits per heavy atom. The second-order valence-electron chi connectivity index (χ2n) is 6.91. The fraction of sp³-hybridized carbons (Fsp3) is 0.579. The van der Waals surface area contributed by atoms with E-state index in [-0.39, 0.29) is 0 Å². The Morgan fingerprint density at radius 1 is 1.21 bits per heavy atom. The third kappa shape index (κ3) is 2.81. The van der Waals surface area contributed by atoms with E-state index in [1.165, 1.54) is 12.8 Å². The highest BCUT2D eigenvalue weighted by molar-refractivity contribution is 5.76. The molecule has 2 aliphatic rings. The van der Waals surface area contributed by atoms with Crippen molar-refractivity contribution in [3.05, 3.63) is 30.2 Å². The van der Waals surface area contributed by atoms with Crippen LogP contribution in [0.15, 0.2) is 28.7 Å². The van der Waals surface area contributed by atoms with Crippen molar-refractivity contribution in [2.75, 3.05) is 13.1 Å². The summed E-state index contributed by atoms with van der Waals surface area (Å²) in [5.41, 5.74) is 1.78. The average Bonchev–Trinajstić information content (AvgIpc) is 3.32. The summed E-state index contributed by atoms with van der Waals surface area (Å²) >= 11 is 0. The van der Waals surface area contributed by atoms with Crippen LogP contribution in [0.25, 0.3) is 11.1 Å². The minimum atomic E-state index is 0.297. The first kappa shape index (κ1) is 15.6. The highest BCUT2D eigenvalue weighted by atomic mass is 16.3. The van der Waals surface area contributed by atoms with Crippen molar-refractivity contribution in [2.24, 2.45) is 0 Å². The van der Waals surface area contributed by atoms with Gasteiger partial charge in [0.2, 0.25) is 11.8 Å². The minimum absolute atomic E-state index is 0.297. The van der Waals surface area contributed by atoms with E-state index >= 15 is 0 Å². The maximum Gasteiger partial charge on any atom is 0.222 e. The Labute approximate surface area is 142 Å². The summed E-state index contributed by atoms with van der Waals surface area (Å²) in [6, 6.07) is 8.72. The lowest BCUT2D eigenvalue weighted by Gasteiger charge is -2.34. The minimum Gasteiger partial charge on any atom is -0.439 e. The summed E-state index contributed by atoms with van der Waals surface area (Å²) in [5, 5.41) is 0. The van der Waals surface area contributed by atoms with E-state index in [9.17, 15) is 4.79 Å². The van der Waals surface area contributed by atoms with Gasteiger partial charge in [-0.15, -0.1) is 0 Å². The van der Waals surface area contributed by atoms with E-state index in [0.29, 0.717) is 24.4 Å². The molecule has 0 radical (unpaired) electrons. The van der Waals surface area contributed by atoms with Gasteiger partial charge in [0.05, 0.1) is 6.54 Å². The van der Waals surface area contributed by atoms with E-state index in [0.717, 1.165) is 49.5 Å². The van der Waals surface area contributed by atoms with Crippen molar-refractivity contribution < 1.29 is 9.21 Å². The molecule has 3 heterocycles. The molecule has 2 aliphatic heterocycles. The highest BCUT2D eigenvalue weighted by Crippen LogP contribution is 2.31. The first-order valence-electron chi connectivity index (χ1n) is 9.14. The molecule has 2 fully saturated rings. The molecule has 2 atom stereocenters. The van der Waals surface area contributed by atoms with Crippen LogP contribution in [0, 0.1) is 0 Å². The molecule has 0 unspecified atom stereocenters. The number of carbonyl (C=O) groups excluding carboxylic acids is 1. The summed E-state index contributed by atoms with van der Waals surface area (Å²) in [6.45, 7) is 4.69. The highest BCUT2D eigenvalue weighted by Gasteiger charge is 2.39. The van der Waals surface area contributed by atoms with Gasteiger partial charge in [-0.2, -0.15) is 0 Å². The molecule has 0 saturated carbocycles. The summed E-state index contributed by atoms with van der Waals surface area (Å²) < 4.78 is 5.90. The number of amides is 1. The Bertz CT molecular complexity index is 693. The molecule has 1 aromatic heterocycles. The van der Waals surface area contributed by atoms with Crippen LogP contribution in [0.4, 0.5) is 0 Å².